The van der Waals surface area contributed by atoms with Crippen molar-refractivity contribution in [3.63, 3.8) is 0 Å². The van der Waals surface area contributed by atoms with Gasteiger partial charge in [-0.15, -0.1) is 0 Å². The summed E-state index contributed by atoms with van der Waals surface area (Å²) in [4.78, 5) is 4.18. The topological polar surface area (TPSA) is 42.7 Å². The lowest BCUT2D eigenvalue weighted by Gasteiger charge is -2.09. The molecule has 0 atom stereocenters. The number of nitrogens with one attached hydrogen (secondary N) is 1. The molecule has 1 aliphatic carbocycles. The Morgan fingerprint density at radius 3 is 3.05 bits per heavy atom. The van der Waals surface area contributed by atoms with Crippen molar-refractivity contribution in [3.8, 4) is 5.82 Å². The van der Waals surface area contributed by atoms with Crippen LogP contribution in [0.5, 0.6) is 0 Å². The molecule has 4 nitrogen and oxygen atoms in total. The van der Waals surface area contributed by atoms with Crippen LogP contribution in [0.4, 0.5) is 4.39 Å². The van der Waals surface area contributed by atoms with E-state index in [1.165, 1.54) is 25.1 Å². The maximum Gasteiger partial charge on any atom is 0.157 e. The van der Waals surface area contributed by atoms with Crippen LogP contribution in [-0.4, -0.2) is 21.3 Å². The third kappa shape index (κ3) is 2.66. The van der Waals surface area contributed by atoms with E-state index in [0.29, 0.717) is 18.3 Å². The molecular weight excluding hydrogens is 243 g/mol. The molecular formula is C14H17FN4. The Labute approximate surface area is 111 Å². The summed E-state index contributed by atoms with van der Waals surface area (Å²) in [6.45, 7) is 3.45. The molecule has 1 saturated carbocycles. The molecule has 0 saturated heterocycles. The summed E-state index contributed by atoms with van der Waals surface area (Å²) in [7, 11) is 0. The van der Waals surface area contributed by atoms with Gasteiger partial charge >= 0.3 is 0 Å². The molecule has 0 amide bonds. The molecule has 2 aromatic rings. The SMILES string of the molecule is CCNCc1cc(F)cnc1-n1ccc(C2CC2)n1. The Kier molecular flexibility index (Phi) is 3.29. The first kappa shape index (κ1) is 12.3. The van der Waals surface area contributed by atoms with E-state index in [9.17, 15) is 4.39 Å². The summed E-state index contributed by atoms with van der Waals surface area (Å²) in [5.74, 6) is 0.999. The van der Waals surface area contributed by atoms with Crippen molar-refractivity contribution in [2.45, 2.75) is 32.2 Å². The Balaban J connectivity index is 1.92. The van der Waals surface area contributed by atoms with Gasteiger partial charge in [-0.05, 0) is 31.5 Å². The molecule has 0 aromatic carbocycles. The van der Waals surface area contributed by atoms with Gasteiger partial charge in [0.1, 0.15) is 5.82 Å². The van der Waals surface area contributed by atoms with Crippen molar-refractivity contribution in [2.75, 3.05) is 6.54 Å². The van der Waals surface area contributed by atoms with Gasteiger partial charge in [-0.1, -0.05) is 6.92 Å². The van der Waals surface area contributed by atoms with Crippen LogP contribution in [0, 0.1) is 5.82 Å². The molecule has 1 fully saturated rings. The van der Waals surface area contributed by atoms with E-state index in [-0.39, 0.29) is 5.82 Å². The summed E-state index contributed by atoms with van der Waals surface area (Å²) < 4.78 is 15.1. The van der Waals surface area contributed by atoms with Crippen molar-refractivity contribution >= 4 is 0 Å². The molecule has 1 N–H and O–H groups in total. The Bertz CT molecular complexity index is 575. The van der Waals surface area contributed by atoms with Crippen molar-refractivity contribution in [2.24, 2.45) is 0 Å². The largest absolute Gasteiger partial charge is 0.313 e. The van der Waals surface area contributed by atoms with Gasteiger partial charge in [-0.2, -0.15) is 5.10 Å². The normalized spacial score (nSPS) is 14.8. The zero-order valence-electron chi connectivity index (χ0n) is 10.9. The van der Waals surface area contributed by atoms with Crippen molar-refractivity contribution in [3.05, 3.63) is 41.6 Å². The minimum atomic E-state index is -0.314. The van der Waals surface area contributed by atoms with Crippen LogP contribution < -0.4 is 5.32 Å². The first-order chi connectivity index (χ1) is 9.28. The molecule has 19 heavy (non-hydrogen) atoms. The minimum absolute atomic E-state index is 0.314. The van der Waals surface area contributed by atoms with Gasteiger partial charge < -0.3 is 5.32 Å². The highest BCUT2D eigenvalue weighted by atomic mass is 19.1. The smallest absolute Gasteiger partial charge is 0.157 e. The Morgan fingerprint density at radius 2 is 2.32 bits per heavy atom. The number of hydrogen-bond acceptors (Lipinski definition) is 3. The van der Waals surface area contributed by atoms with Gasteiger partial charge in [0.2, 0.25) is 0 Å². The number of aromatic nitrogens is 3. The first-order valence-corrected chi connectivity index (χ1v) is 6.69. The lowest BCUT2D eigenvalue weighted by atomic mass is 10.2. The van der Waals surface area contributed by atoms with E-state index in [0.717, 1.165) is 17.8 Å². The second kappa shape index (κ2) is 5.09. The van der Waals surface area contributed by atoms with Crippen LogP contribution in [-0.2, 0) is 6.54 Å². The number of nitrogens with zero attached hydrogens (tertiary/aromatic N) is 3. The van der Waals surface area contributed by atoms with Gasteiger partial charge in [0, 0.05) is 24.2 Å². The molecule has 1 aliphatic rings. The highest BCUT2D eigenvalue weighted by Crippen LogP contribution is 2.39. The molecule has 0 unspecified atom stereocenters. The first-order valence-electron chi connectivity index (χ1n) is 6.69. The predicted molar refractivity (Wildman–Crippen MR) is 70.7 cm³/mol. The van der Waals surface area contributed by atoms with E-state index in [4.69, 9.17) is 0 Å². The van der Waals surface area contributed by atoms with Gasteiger partial charge in [-0.3, -0.25) is 0 Å². The highest BCUT2D eigenvalue weighted by molar-refractivity contribution is 5.34. The van der Waals surface area contributed by atoms with E-state index < -0.39 is 0 Å². The predicted octanol–water partition coefficient (Wildman–Crippen LogP) is 2.39. The van der Waals surface area contributed by atoms with Gasteiger partial charge in [-0.25, -0.2) is 14.1 Å². The number of rotatable bonds is 5. The van der Waals surface area contributed by atoms with Gasteiger partial charge in [0.25, 0.3) is 0 Å². The zero-order chi connectivity index (χ0) is 13.2. The van der Waals surface area contributed by atoms with E-state index in [1.54, 1.807) is 4.68 Å². The Morgan fingerprint density at radius 1 is 1.47 bits per heavy atom. The molecule has 3 rings (SSSR count). The monoisotopic (exact) mass is 260 g/mol. The standard InChI is InChI=1S/C14H17FN4/c1-2-16-8-11-7-12(15)9-17-14(11)19-6-5-13(18-19)10-3-4-10/h5-7,9-10,16H,2-4,8H2,1H3. The molecule has 2 aromatic heterocycles. The molecule has 0 bridgehead atoms. The molecule has 5 heteroatoms. The van der Waals surface area contributed by atoms with E-state index in [1.807, 2.05) is 19.2 Å². The average molecular weight is 260 g/mol. The summed E-state index contributed by atoms with van der Waals surface area (Å²) >= 11 is 0. The second-order valence-electron chi connectivity index (χ2n) is 4.88. The third-order valence-electron chi connectivity index (χ3n) is 3.30. The summed E-state index contributed by atoms with van der Waals surface area (Å²) in [5.41, 5.74) is 1.94. The van der Waals surface area contributed by atoms with Crippen LogP contribution >= 0.6 is 0 Å². The van der Waals surface area contributed by atoms with E-state index >= 15 is 0 Å². The fourth-order valence-corrected chi connectivity index (χ4v) is 2.12. The van der Waals surface area contributed by atoms with E-state index in [2.05, 4.69) is 15.4 Å². The van der Waals surface area contributed by atoms with Crippen LogP contribution in [0.25, 0.3) is 5.82 Å². The fraction of sp³-hybridized carbons (Fsp3) is 0.429. The lowest BCUT2D eigenvalue weighted by Crippen LogP contribution is -2.15. The van der Waals surface area contributed by atoms with Crippen LogP contribution in [0.3, 0.4) is 0 Å². The Hall–Kier alpha value is -1.75. The van der Waals surface area contributed by atoms with Crippen molar-refractivity contribution < 1.29 is 4.39 Å². The van der Waals surface area contributed by atoms with Crippen molar-refractivity contribution in [1.82, 2.24) is 20.1 Å². The lowest BCUT2D eigenvalue weighted by molar-refractivity contribution is 0.610. The molecule has 100 valence electrons. The number of halogens is 1. The summed E-state index contributed by atoms with van der Waals surface area (Å²) in [6, 6.07) is 3.54. The zero-order valence-corrected chi connectivity index (χ0v) is 10.9. The summed E-state index contributed by atoms with van der Waals surface area (Å²) in [5, 5.41) is 7.74. The maximum absolute atomic E-state index is 13.3. The average Bonchev–Trinajstić information content (AvgIpc) is 3.15. The summed E-state index contributed by atoms with van der Waals surface area (Å²) in [6.07, 6.45) is 5.59. The number of pyridine rings is 1. The minimum Gasteiger partial charge on any atom is -0.313 e. The molecule has 2 heterocycles. The highest BCUT2D eigenvalue weighted by Gasteiger charge is 2.26. The van der Waals surface area contributed by atoms with Crippen LogP contribution in [0.15, 0.2) is 24.5 Å². The van der Waals surface area contributed by atoms with Gasteiger partial charge in [0.15, 0.2) is 5.82 Å². The number of hydrogen-bond donors (Lipinski definition) is 1. The molecule has 0 aliphatic heterocycles. The molecule has 0 spiro atoms. The van der Waals surface area contributed by atoms with Crippen molar-refractivity contribution in [1.29, 1.82) is 0 Å². The maximum atomic E-state index is 13.3. The van der Waals surface area contributed by atoms with Crippen LogP contribution in [0.2, 0.25) is 0 Å². The van der Waals surface area contributed by atoms with Gasteiger partial charge in [0.05, 0.1) is 11.9 Å². The molecule has 0 radical (unpaired) electrons. The fourth-order valence-electron chi connectivity index (χ4n) is 2.12. The quantitative estimate of drug-likeness (QED) is 0.897. The van der Waals surface area contributed by atoms with Crippen LogP contribution in [0.1, 0.15) is 36.9 Å². The second-order valence-corrected chi connectivity index (χ2v) is 4.88. The third-order valence-corrected chi connectivity index (χ3v) is 3.30.